The molecule has 0 bridgehead atoms. The number of non-ortho nitro benzene ring substituents is 1. The van der Waals surface area contributed by atoms with Crippen molar-refractivity contribution in [3.63, 3.8) is 0 Å². The molecule has 0 radical (unpaired) electrons. The number of amides is 2. The van der Waals surface area contributed by atoms with Crippen molar-refractivity contribution in [3.8, 4) is 0 Å². The number of nitrogens with zero attached hydrogens (tertiary/aromatic N) is 2. The predicted molar refractivity (Wildman–Crippen MR) is 128 cm³/mol. The smallest absolute Gasteiger partial charge is 0.269 e. The Morgan fingerprint density at radius 1 is 1.09 bits per heavy atom. The van der Waals surface area contributed by atoms with Crippen LogP contribution >= 0.6 is 11.8 Å². The molecule has 1 atom stereocenters. The maximum Gasteiger partial charge on any atom is 0.269 e. The highest BCUT2D eigenvalue weighted by molar-refractivity contribution is 7.99. The SMILES string of the molecule is CCCCNC(=O)[C@@H](C)N(CCc1ccccc1)C(=O)CSCc1ccc([N+](=O)[O-])cc1. The molecular formula is C24H31N3O4S. The molecule has 0 fully saturated rings. The summed E-state index contributed by atoms with van der Waals surface area (Å²) in [4.78, 5) is 37.6. The molecule has 7 nitrogen and oxygen atoms in total. The lowest BCUT2D eigenvalue weighted by Gasteiger charge is -2.28. The van der Waals surface area contributed by atoms with Gasteiger partial charge in [0.1, 0.15) is 6.04 Å². The average molecular weight is 458 g/mol. The molecule has 0 aromatic heterocycles. The number of rotatable bonds is 13. The van der Waals surface area contributed by atoms with Crippen LogP contribution < -0.4 is 5.32 Å². The highest BCUT2D eigenvalue weighted by Crippen LogP contribution is 2.18. The van der Waals surface area contributed by atoms with Crippen molar-refractivity contribution in [3.05, 3.63) is 75.8 Å². The summed E-state index contributed by atoms with van der Waals surface area (Å²) in [6.45, 7) is 4.90. The number of hydrogen-bond acceptors (Lipinski definition) is 5. The second-order valence-corrected chi connectivity index (χ2v) is 8.55. The van der Waals surface area contributed by atoms with Crippen LogP contribution in [-0.2, 0) is 21.8 Å². The minimum Gasteiger partial charge on any atom is -0.354 e. The summed E-state index contributed by atoms with van der Waals surface area (Å²) in [7, 11) is 0. The van der Waals surface area contributed by atoms with Crippen LogP contribution in [0.1, 0.15) is 37.8 Å². The van der Waals surface area contributed by atoms with E-state index < -0.39 is 11.0 Å². The lowest BCUT2D eigenvalue weighted by Crippen LogP contribution is -2.49. The minimum absolute atomic E-state index is 0.0461. The molecule has 0 aliphatic heterocycles. The number of unbranched alkanes of at least 4 members (excludes halogenated alkanes) is 1. The van der Waals surface area contributed by atoms with E-state index in [2.05, 4.69) is 12.2 Å². The van der Waals surface area contributed by atoms with E-state index in [-0.39, 0.29) is 23.3 Å². The first-order valence-electron chi connectivity index (χ1n) is 10.8. The number of carbonyl (C=O) groups is 2. The van der Waals surface area contributed by atoms with Crippen molar-refractivity contribution >= 4 is 29.3 Å². The fourth-order valence-corrected chi connectivity index (χ4v) is 4.03. The third-order valence-corrected chi connectivity index (χ3v) is 6.11. The molecule has 32 heavy (non-hydrogen) atoms. The van der Waals surface area contributed by atoms with Crippen molar-refractivity contribution in [2.75, 3.05) is 18.8 Å². The monoisotopic (exact) mass is 457 g/mol. The molecule has 0 heterocycles. The maximum absolute atomic E-state index is 13.0. The van der Waals surface area contributed by atoms with Crippen LogP contribution in [0, 0.1) is 10.1 Å². The summed E-state index contributed by atoms with van der Waals surface area (Å²) >= 11 is 1.44. The standard InChI is InChI=1S/C24H31N3O4S/c1-3-4-15-25-24(29)19(2)26(16-14-20-8-6-5-7-9-20)23(28)18-32-17-21-10-12-22(13-11-21)27(30)31/h5-13,19H,3-4,14-18H2,1-2H3,(H,25,29)/t19-/m1/s1. The topological polar surface area (TPSA) is 92.6 Å². The van der Waals surface area contributed by atoms with E-state index in [1.165, 1.54) is 23.9 Å². The molecule has 2 aromatic rings. The lowest BCUT2D eigenvalue weighted by molar-refractivity contribution is -0.384. The van der Waals surface area contributed by atoms with E-state index in [1.54, 1.807) is 24.0 Å². The Morgan fingerprint density at radius 3 is 2.41 bits per heavy atom. The zero-order valence-electron chi connectivity index (χ0n) is 18.7. The first-order chi connectivity index (χ1) is 15.4. The zero-order chi connectivity index (χ0) is 23.3. The van der Waals surface area contributed by atoms with Crippen LogP contribution in [0.3, 0.4) is 0 Å². The van der Waals surface area contributed by atoms with Crippen LogP contribution in [0.2, 0.25) is 0 Å². The van der Waals surface area contributed by atoms with E-state index in [0.29, 0.717) is 25.3 Å². The van der Waals surface area contributed by atoms with E-state index in [1.807, 2.05) is 30.3 Å². The Morgan fingerprint density at radius 2 is 1.78 bits per heavy atom. The molecule has 172 valence electrons. The molecule has 2 amide bonds. The van der Waals surface area contributed by atoms with Gasteiger partial charge in [-0.05, 0) is 30.9 Å². The fraction of sp³-hybridized carbons (Fsp3) is 0.417. The first-order valence-corrected chi connectivity index (χ1v) is 12.0. The molecule has 0 aliphatic carbocycles. The van der Waals surface area contributed by atoms with Gasteiger partial charge in [-0.1, -0.05) is 55.8 Å². The Labute approximate surface area is 193 Å². The van der Waals surface area contributed by atoms with Crippen LogP contribution in [0.15, 0.2) is 54.6 Å². The van der Waals surface area contributed by atoms with Crippen molar-refractivity contribution < 1.29 is 14.5 Å². The quantitative estimate of drug-likeness (QED) is 0.276. The molecule has 0 unspecified atom stereocenters. The van der Waals surface area contributed by atoms with Gasteiger partial charge in [-0.15, -0.1) is 11.8 Å². The molecule has 1 N–H and O–H groups in total. The van der Waals surface area contributed by atoms with E-state index in [9.17, 15) is 19.7 Å². The van der Waals surface area contributed by atoms with Crippen LogP contribution in [0.4, 0.5) is 5.69 Å². The predicted octanol–water partition coefficient (Wildman–Crippen LogP) is 4.20. The Hall–Kier alpha value is -2.87. The van der Waals surface area contributed by atoms with Gasteiger partial charge in [0.25, 0.3) is 5.69 Å². The summed E-state index contributed by atoms with van der Waals surface area (Å²) in [5.74, 6) is 0.567. The second kappa shape index (κ2) is 13.5. The molecule has 2 rings (SSSR count). The van der Waals surface area contributed by atoms with Gasteiger partial charge >= 0.3 is 0 Å². The Balaban J connectivity index is 1.96. The zero-order valence-corrected chi connectivity index (χ0v) is 19.5. The largest absolute Gasteiger partial charge is 0.354 e. The van der Waals surface area contributed by atoms with Gasteiger partial charge in [-0.2, -0.15) is 0 Å². The maximum atomic E-state index is 13.0. The number of thioether (sulfide) groups is 1. The average Bonchev–Trinajstić information content (AvgIpc) is 2.80. The summed E-state index contributed by atoms with van der Waals surface area (Å²) in [6, 6.07) is 15.7. The number of nitrogens with one attached hydrogen (secondary N) is 1. The molecule has 0 aliphatic rings. The molecule has 2 aromatic carbocycles. The molecule has 0 spiro atoms. The number of benzene rings is 2. The highest BCUT2D eigenvalue weighted by Gasteiger charge is 2.25. The van der Waals surface area contributed by atoms with E-state index in [0.717, 1.165) is 24.0 Å². The second-order valence-electron chi connectivity index (χ2n) is 7.56. The summed E-state index contributed by atoms with van der Waals surface area (Å²) < 4.78 is 0. The van der Waals surface area contributed by atoms with Crippen LogP contribution in [0.5, 0.6) is 0 Å². The van der Waals surface area contributed by atoms with E-state index >= 15 is 0 Å². The van der Waals surface area contributed by atoms with Crippen molar-refractivity contribution in [2.45, 2.75) is 44.9 Å². The fourth-order valence-electron chi connectivity index (χ4n) is 3.16. The van der Waals surface area contributed by atoms with Crippen molar-refractivity contribution in [1.29, 1.82) is 0 Å². The normalized spacial score (nSPS) is 11.6. The lowest BCUT2D eigenvalue weighted by atomic mass is 10.1. The minimum atomic E-state index is -0.553. The molecule has 0 saturated heterocycles. The number of nitro benzene ring substituents is 1. The highest BCUT2D eigenvalue weighted by atomic mass is 32.2. The van der Waals surface area contributed by atoms with Gasteiger partial charge in [-0.25, -0.2) is 0 Å². The summed E-state index contributed by atoms with van der Waals surface area (Å²) in [5.41, 5.74) is 2.07. The Bertz CT molecular complexity index is 875. The van der Waals surface area contributed by atoms with Gasteiger partial charge in [-0.3, -0.25) is 19.7 Å². The number of carbonyl (C=O) groups excluding carboxylic acids is 2. The van der Waals surface area contributed by atoms with Crippen molar-refractivity contribution in [1.82, 2.24) is 10.2 Å². The van der Waals surface area contributed by atoms with Crippen molar-refractivity contribution in [2.24, 2.45) is 0 Å². The van der Waals surface area contributed by atoms with Gasteiger partial charge in [0.15, 0.2) is 0 Å². The molecule has 0 saturated carbocycles. The van der Waals surface area contributed by atoms with Gasteiger partial charge in [0.05, 0.1) is 10.7 Å². The van der Waals surface area contributed by atoms with E-state index in [4.69, 9.17) is 0 Å². The third kappa shape index (κ3) is 8.34. The van der Waals surface area contributed by atoms with Crippen LogP contribution in [0.25, 0.3) is 0 Å². The summed E-state index contributed by atoms with van der Waals surface area (Å²) in [6.07, 6.45) is 2.57. The third-order valence-electron chi connectivity index (χ3n) is 5.12. The van der Waals surface area contributed by atoms with Gasteiger partial charge in [0.2, 0.25) is 11.8 Å². The Kier molecular flexibility index (Phi) is 10.7. The number of hydrogen-bond donors (Lipinski definition) is 1. The number of nitro groups is 1. The first kappa shape index (κ1) is 25.4. The van der Waals surface area contributed by atoms with Crippen LogP contribution in [-0.4, -0.2) is 46.5 Å². The van der Waals surface area contributed by atoms with Gasteiger partial charge in [0, 0.05) is 31.0 Å². The molecule has 8 heteroatoms. The van der Waals surface area contributed by atoms with Gasteiger partial charge < -0.3 is 10.2 Å². The molecular weight excluding hydrogens is 426 g/mol. The summed E-state index contributed by atoms with van der Waals surface area (Å²) in [5, 5.41) is 13.7.